The van der Waals surface area contributed by atoms with E-state index in [1.54, 1.807) is 7.11 Å². The third-order valence-corrected chi connectivity index (χ3v) is 6.56. The zero-order valence-corrected chi connectivity index (χ0v) is 20.2. The van der Waals surface area contributed by atoms with Crippen molar-refractivity contribution in [3.8, 4) is 17.2 Å². The highest BCUT2D eigenvalue weighted by atomic mass is 32.2. The zero-order chi connectivity index (χ0) is 23.6. The quantitative estimate of drug-likeness (QED) is 0.310. The molecular weight excluding hydrogens is 448 g/mol. The number of aromatic nitrogens is 3. The van der Waals surface area contributed by atoms with E-state index in [-0.39, 0.29) is 18.3 Å². The van der Waals surface area contributed by atoms with E-state index in [4.69, 9.17) is 9.47 Å². The van der Waals surface area contributed by atoms with Crippen LogP contribution < -0.4 is 14.8 Å². The molecule has 0 saturated heterocycles. The van der Waals surface area contributed by atoms with E-state index in [0.29, 0.717) is 23.3 Å². The van der Waals surface area contributed by atoms with E-state index >= 15 is 0 Å². The minimum atomic E-state index is 0.0000500. The summed E-state index contributed by atoms with van der Waals surface area (Å²) in [6.07, 6.45) is 8.12. The maximum absolute atomic E-state index is 12.4. The Morgan fingerprint density at radius 3 is 2.59 bits per heavy atom. The number of methoxy groups -OCH3 is 1. The van der Waals surface area contributed by atoms with Crippen molar-refractivity contribution in [3.63, 3.8) is 0 Å². The minimum absolute atomic E-state index is 0.0000500. The standard InChI is InChI=1S/C26H30N4O3S/c1-32-22-12-14-23(15-13-22)33-18-24-28-29-26(30(24)21-10-6-3-7-11-21)34-19-25(31)27-17-16-20-8-4-2-5-9-20/h3,6-8,10-15H,2,4-5,9,16-19H2,1H3,(H,27,31). The van der Waals surface area contributed by atoms with Gasteiger partial charge in [-0.05, 0) is 68.5 Å². The minimum Gasteiger partial charge on any atom is -0.497 e. The number of amides is 1. The van der Waals surface area contributed by atoms with Crippen molar-refractivity contribution < 1.29 is 14.3 Å². The fraction of sp³-hybridized carbons (Fsp3) is 0.346. The molecule has 0 atom stereocenters. The number of para-hydroxylation sites is 1. The summed E-state index contributed by atoms with van der Waals surface area (Å²) in [5.74, 6) is 2.43. The molecule has 0 spiro atoms. The number of ether oxygens (including phenoxy) is 2. The van der Waals surface area contributed by atoms with Crippen LogP contribution in [0.1, 0.15) is 37.9 Å². The fourth-order valence-corrected chi connectivity index (χ4v) is 4.62. The SMILES string of the molecule is COc1ccc(OCc2nnc(SCC(=O)NCCC3=CCCCC3)n2-c2ccccc2)cc1. The maximum Gasteiger partial charge on any atom is 0.230 e. The molecule has 1 aliphatic carbocycles. The van der Waals surface area contributed by atoms with Crippen molar-refractivity contribution in [2.75, 3.05) is 19.4 Å². The molecule has 1 N–H and O–H groups in total. The Balaban J connectivity index is 1.37. The molecule has 0 aliphatic heterocycles. The Bertz CT molecular complexity index is 1100. The molecule has 0 unspecified atom stereocenters. The van der Waals surface area contributed by atoms with E-state index in [9.17, 15) is 4.79 Å². The van der Waals surface area contributed by atoms with Crippen molar-refractivity contribution in [1.29, 1.82) is 0 Å². The van der Waals surface area contributed by atoms with Crippen molar-refractivity contribution in [1.82, 2.24) is 20.1 Å². The van der Waals surface area contributed by atoms with Crippen molar-refractivity contribution in [3.05, 3.63) is 72.1 Å². The molecule has 1 heterocycles. The molecule has 0 bridgehead atoms. The first kappa shape index (κ1) is 23.9. The number of hydrogen-bond acceptors (Lipinski definition) is 6. The predicted octanol–water partition coefficient (Wildman–Crippen LogP) is 4.95. The summed E-state index contributed by atoms with van der Waals surface area (Å²) >= 11 is 1.37. The van der Waals surface area contributed by atoms with Crippen LogP contribution in [0, 0.1) is 0 Å². The largest absolute Gasteiger partial charge is 0.497 e. The first-order valence-electron chi connectivity index (χ1n) is 11.6. The second kappa shape index (κ2) is 12.3. The van der Waals surface area contributed by atoms with Gasteiger partial charge in [0.1, 0.15) is 18.1 Å². The third-order valence-electron chi connectivity index (χ3n) is 5.63. The molecule has 1 aromatic heterocycles. The van der Waals surface area contributed by atoms with E-state index in [1.807, 2.05) is 59.2 Å². The van der Waals surface area contributed by atoms with Crippen molar-refractivity contribution >= 4 is 17.7 Å². The fourth-order valence-electron chi connectivity index (χ4n) is 3.82. The van der Waals surface area contributed by atoms with Crippen LogP contribution in [-0.2, 0) is 11.4 Å². The lowest BCUT2D eigenvalue weighted by atomic mass is 9.97. The number of thioether (sulfide) groups is 1. The lowest BCUT2D eigenvalue weighted by Gasteiger charge is -2.13. The molecule has 4 rings (SSSR count). The normalized spacial score (nSPS) is 13.3. The van der Waals surface area contributed by atoms with Gasteiger partial charge in [0, 0.05) is 12.2 Å². The van der Waals surface area contributed by atoms with E-state index in [0.717, 1.165) is 24.3 Å². The van der Waals surface area contributed by atoms with Crippen LogP contribution in [0.15, 0.2) is 71.4 Å². The first-order valence-corrected chi connectivity index (χ1v) is 12.6. The van der Waals surface area contributed by atoms with Crippen LogP contribution in [0.3, 0.4) is 0 Å². The molecule has 0 fully saturated rings. The summed E-state index contributed by atoms with van der Waals surface area (Å²) < 4.78 is 13.1. The molecule has 178 valence electrons. The van der Waals surface area contributed by atoms with E-state index in [1.165, 1.54) is 36.6 Å². The first-order chi connectivity index (χ1) is 16.7. The molecule has 1 aliphatic rings. The summed E-state index contributed by atoms with van der Waals surface area (Å²) in [5.41, 5.74) is 2.39. The second-order valence-electron chi connectivity index (χ2n) is 8.03. The number of hydrogen-bond donors (Lipinski definition) is 1. The molecule has 1 amide bonds. The van der Waals surface area contributed by atoms with Crippen LogP contribution in [0.2, 0.25) is 0 Å². The van der Waals surface area contributed by atoms with Gasteiger partial charge in [-0.15, -0.1) is 10.2 Å². The monoisotopic (exact) mass is 478 g/mol. The maximum atomic E-state index is 12.4. The number of nitrogens with zero attached hydrogens (tertiary/aromatic N) is 3. The van der Waals surface area contributed by atoms with Gasteiger partial charge in [0.15, 0.2) is 11.0 Å². The van der Waals surface area contributed by atoms with Crippen molar-refractivity contribution in [2.24, 2.45) is 0 Å². The van der Waals surface area contributed by atoms with Gasteiger partial charge < -0.3 is 14.8 Å². The Morgan fingerprint density at radius 1 is 1.06 bits per heavy atom. The smallest absolute Gasteiger partial charge is 0.230 e. The average molecular weight is 479 g/mol. The molecule has 0 radical (unpaired) electrons. The number of nitrogens with one attached hydrogen (secondary N) is 1. The topological polar surface area (TPSA) is 78.3 Å². The molecule has 7 nitrogen and oxygen atoms in total. The second-order valence-corrected chi connectivity index (χ2v) is 8.97. The molecular formula is C26H30N4O3S. The Kier molecular flexibility index (Phi) is 8.62. The summed E-state index contributed by atoms with van der Waals surface area (Å²) in [6, 6.07) is 17.3. The summed E-state index contributed by atoms with van der Waals surface area (Å²) in [4.78, 5) is 12.4. The highest BCUT2D eigenvalue weighted by Crippen LogP contribution is 2.24. The van der Waals surface area contributed by atoms with Crippen LogP contribution in [0.25, 0.3) is 5.69 Å². The van der Waals surface area contributed by atoms with Gasteiger partial charge in [0.25, 0.3) is 0 Å². The van der Waals surface area contributed by atoms with Gasteiger partial charge in [0.05, 0.1) is 12.9 Å². The Labute approximate surface area is 204 Å². The Hall–Kier alpha value is -3.26. The number of carbonyl (C=O) groups excluding carboxylic acids is 1. The number of rotatable bonds is 11. The van der Waals surface area contributed by atoms with E-state index < -0.39 is 0 Å². The molecule has 34 heavy (non-hydrogen) atoms. The zero-order valence-electron chi connectivity index (χ0n) is 19.4. The average Bonchev–Trinajstić information content (AvgIpc) is 3.30. The van der Waals surface area contributed by atoms with Crippen LogP contribution >= 0.6 is 11.8 Å². The van der Waals surface area contributed by atoms with Gasteiger partial charge in [-0.1, -0.05) is 41.6 Å². The molecule has 2 aromatic carbocycles. The van der Waals surface area contributed by atoms with Gasteiger partial charge >= 0.3 is 0 Å². The molecule has 0 saturated carbocycles. The van der Waals surface area contributed by atoms with Crippen LogP contribution in [-0.4, -0.2) is 40.1 Å². The van der Waals surface area contributed by atoms with E-state index in [2.05, 4.69) is 21.6 Å². The number of allylic oxidation sites excluding steroid dienone is 1. The lowest BCUT2D eigenvalue weighted by molar-refractivity contribution is -0.118. The predicted molar refractivity (Wildman–Crippen MR) is 134 cm³/mol. The number of carbonyl (C=O) groups is 1. The molecule has 8 heteroatoms. The lowest BCUT2D eigenvalue weighted by Crippen LogP contribution is -2.26. The van der Waals surface area contributed by atoms with Gasteiger partial charge in [-0.2, -0.15) is 0 Å². The van der Waals surface area contributed by atoms with Gasteiger partial charge in [-0.25, -0.2) is 0 Å². The Morgan fingerprint density at radius 2 is 1.85 bits per heavy atom. The van der Waals surface area contributed by atoms with Crippen LogP contribution in [0.5, 0.6) is 11.5 Å². The summed E-state index contributed by atoms with van der Waals surface area (Å²) in [7, 11) is 1.63. The highest BCUT2D eigenvalue weighted by molar-refractivity contribution is 7.99. The van der Waals surface area contributed by atoms with Gasteiger partial charge in [-0.3, -0.25) is 9.36 Å². The van der Waals surface area contributed by atoms with Crippen molar-refractivity contribution in [2.45, 2.75) is 43.9 Å². The summed E-state index contributed by atoms with van der Waals surface area (Å²) in [5, 5.41) is 12.4. The summed E-state index contributed by atoms with van der Waals surface area (Å²) in [6.45, 7) is 0.924. The van der Waals surface area contributed by atoms with Crippen LogP contribution in [0.4, 0.5) is 0 Å². The number of benzene rings is 2. The highest BCUT2D eigenvalue weighted by Gasteiger charge is 2.16. The third kappa shape index (κ3) is 6.63. The molecule has 3 aromatic rings. The van der Waals surface area contributed by atoms with Gasteiger partial charge in [0.2, 0.25) is 5.91 Å².